The molecule has 0 amide bonds. The van der Waals surface area contributed by atoms with Gasteiger partial charge in [-0.05, 0) is 42.9 Å². The Kier molecular flexibility index (Phi) is 3.74. The van der Waals surface area contributed by atoms with Gasteiger partial charge in [-0.25, -0.2) is 0 Å². The Morgan fingerprint density at radius 2 is 1.62 bits per heavy atom. The molecule has 2 aliphatic carbocycles. The molecular formula is C24H24O2. The van der Waals surface area contributed by atoms with E-state index in [1.807, 2.05) is 36.4 Å². The van der Waals surface area contributed by atoms with Crippen LogP contribution in [0.1, 0.15) is 54.4 Å². The quantitative estimate of drug-likeness (QED) is 0.527. The number of allylic oxidation sites excluding steroid dienone is 1. The zero-order valence-corrected chi connectivity index (χ0v) is 15.2. The Morgan fingerprint density at radius 3 is 2.42 bits per heavy atom. The van der Waals surface area contributed by atoms with Gasteiger partial charge >= 0.3 is 0 Å². The molecule has 0 radical (unpaired) electrons. The van der Waals surface area contributed by atoms with Gasteiger partial charge in [-0.15, -0.1) is 0 Å². The van der Waals surface area contributed by atoms with Gasteiger partial charge in [0.05, 0.1) is 5.92 Å². The molecule has 0 N–H and O–H groups in total. The average Bonchev–Trinajstić information content (AvgIpc) is 2.69. The molecule has 2 nitrogen and oxygen atoms in total. The highest BCUT2D eigenvalue weighted by Gasteiger charge is 2.50. The van der Waals surface area contributed by atoms with Crippen LogP contribution in [0.4, 0.5) is 0 Å². The van der Waals surface area contributed by atoms with Crippen molar-refractivity contribution in [3.05, 3.63) is 76.9 Å². The van der Waals surface area contributed by atoms with E-state index in [2.05, 4.69) is 25.1 Å². The van der Waals surface area contributed by atoms with E-state index in [-0.39, 0.29) is 23.7 Å². The number of Topliss-reactive ketones (excluding diaryl/α,β-unsaturated/α-hetero) is 1. The summed E-state index contributed by atoms with van der Waals surface area (Å²) in [7, 11) is 0. The summed E-state index contributed by atoms with van der Waals surface area (Å²) in [5.74, 6) is 1.77. The van der Waals surface area contributed by atoms with Crippen LogP contribution in [0.2, 0.25) is 0 Å². The van der Waals surface area contributed by atoms with E-state index in [4.69, 9.17) is 4.74 Å². The summed E-state index contributed by atoms with van der Waals surface area (Å²) >= 11 is 0. The topological polar surface area (TPSA) is 26.3 Å². The molecule has 132 valence electrons. The van der Waals surface area contributed by atoms with Crippen molar-refractivity contribution in [3.8, 4) is 5.75 Å². The van der Waals surface area contributed by atoms with Crippen molar-refractivity contribution in [2.75, 3.05) is 0 Å². The number of carbonyl (C=O) groups is 1. The maximum Gasteiger partial charge on any atom is 0.170 e. The van der Waals surface area contributed by atoms with Gasteiger partial charge in [0, 0.05) is 17.4 Å². The molecule has 2 aromatic rings. The van der Waals surface area contributed by atoms with Crippen molar-refractivity contribution in [2.45, 2.75) is 44.6 Å². The monoisotopic (exact) mass is 344 g/mol. The van der Waals surface area contributed by atoms with Crippen LogP contribution in [0.15, 0.2) is 65.7 Å². The second-order valence-corrected chi connectivity index (χ2v) is 7.93. The number of para-hydroxylation sites is 1. The van der Waals surface area contributed by atoms with Crippen LogP contribution in [0, 0.1) is 11.8 Å². The first-order valence-electron chi connectivity index (χ1n) is 9.82. The highest BCUT2D eigenvalue weighted by Crippen LogP contribution is 2.55. The lowest BCUT2D eigenvalue weighted by Gasteiger charge is -2.49. The van der Waals surface area contributed by atoms with Crippen molar-refractivity contribution < 1.29 is 9.53 Å². The predicted molar refractivity (Wildman–Crippen MR) is 103 cm³/mol. The fraction of sp³-hybridized carbons (Fsp3) is 0.375. The van der Waals surface area contributed by atoms with E-state index < -0.39 is 0 Å². The molecule has 1 heterocycles. The predicted octanol–water partition coefficient (Wildman–Crippen LogP) is 5.55. The Balaban J connectivity index is 1.70. The number of benzene rings is 2. The molecule has 2 bridgehead atoms. The SMILES string of the molecule is CC1C2Oc3ccccc3C1C(C(=O)c1ccccc1)C1=C2CCCC1. The van der Waals surface area contributed by atoms with Crippen LogP contribution >= 0.6 is 0 Å². The summed E-state index contributed by atoms with van der Waals surface area (Å²) in [6.45, 7) is 2.27. The third-order valence-corrected chi connectivity index (χ3v) is 6.55. The number of ketones is 1. The smallest absolute Gasteiger partial charge is 0.170 e. The molecule has 5 rings (SSSR count). The summed E-state index contributed by atoms with van der Waals surface area (Å²) in [6.07, 6.45) is 4.67. The van der Waals surface area contributed by atoms with Crippen LogP contribution < -0.4 is 4.74 Å². The average molecular weight is 344 g/mol. The van der Waals surface area contributed by atoms with Gasteiger partial charge in [0.15, 0.2) is 5.78 Å². The first-order valence-corrected chi connectivity index (χ1v) is 9.82. The van der Waals surface area contributed by atoms with Crippen molar-refractivity contribution in [1.29, 1.82) is 0 Å². The third-order valence-electron chi connectivity index (χ3n) is 6.55. The Labute approximate surface area is 154 Å². The molecule has 4 unspecified atom stereocenters. The molecule has 0 saturated carbocycles. The van der Waals surface area contributed by atoms with E-state index in [9.17, 15) is 4.79 Å². The molecule has 26 heavy (non-hydrogen) atoms. The third kappa shape index (κ3) is 2.28. The van der Waals surface area contributed by atoms with Gasteiger partial charge in [0.25, 0.3) is 0 Å². The minimum atomic E-state index is -0.0380. The number of fused-ring (bicyclic) bond motifs is 5. The number of hydrogen-bond donors (Lipinski definition) is 0. The van der Waals surface area contributed by atoms with Gasteiger partial charge in [0.2, 0.25) is 0 Å². The van der Waals surface area contributed by atoms with Gasteiger partial charge in [-0.1, -0.05) is 61.0 Å². The highest BCUT2D eigenvalue weighted by atomic mass is 16.5. The van der Waals surface area contributed by atoms with Gasteiger partial charge in [-0.2, -0.15) is 0 Å². The fourth-order valence-corrected chi connectivity index (χ4v) is 5.40. The number of rotatable bonds is 2. The van der Waals surface area contributed by atoms with Gasteiger partial charge in [0.1, 0.15) is 11.9 Å². The summed E-state index contributed by atoms with van der Waals surface area (Å²) in [4.78, 5) is 13.6. The lowest BCUT2D eigenvalue weighted by Crippen LogP contribution is -2.46. The normalized spacial score (nSPS) is 29.4. The molecule has 0 saturated heterocycles. The van der Waals surface area contributed by atoms with Crippen LogP contribution in [-0.2, 0) is 0 Å². The minimum Gasteiger partial charge on any atom is -0.485 e. The van der Waals surface area contributed by atoms with Crippen LogP contribution in [0.25, 0.3) is 0 Å². The number of hydrogen-bond acceptors (Lipinski definition) is 2. The fourth-order valence-electron chi connectivity index (χ4n) is 5.40. The lowest BCUT2D eigenvalue weighted by atomic mass is 9.60. The first-order chi connectivity index (χ1) is 12.8. The second kappa shape index (κ2) is 6.12. The summed E-state index contributed by atoms with van der Waals surface area (Å²) < 4.78 is 6.45. The summed E-state index contributed by atoms with van der Waals surface area (Å²) in [5, 5.41) is 0. The molecular weight excluding hydrogens is 320 g/mol. The number of carbonyl (C=O) groups excluding carboxylic acids is 1. The first kappa shape index (κ1) is 15.9. The number of ether oxygens (including phenoxy) is 1. The standard InChI is InChI=1S/C24H24O2/c1-15-21-19-13-7-8-14-20(19)26-24(15)18-12-6-5-11-17(18)22(21)23(25)16-9-3-2-4-10-16/h2-4,7-10,13-15,21-22,24H,5-6,11-12H2,1H3. The molecule has 0 aromatic heterocycles. The van der Waals surface area contributed by atoms with Crippen molar-refractivity contribution in [3.63, 3.8) is 0 Å². The van der Waals surface area contributed by atoms with Crippen LogP contribution in [-0.4, -0.2) is 11.9 Å². The van der Waals surface area contributed by atoms with E-state index >= 15 is 0 Å². The Hall–Kier alpha value is -2.35. The molecule has 3 aliphatic rings. The second-order valence-electron chi connectivity index (χ2n) is 7.93. The maximum atomic E-state index is 13.6. The van der Waals surface area contributed by atoms with E-state index in [0.717, 1.165) is 24.2 Å². The largest absolute Gasteiger partial charge is 0.485 e. The molecule has 0 fully saturated rings. The lowest BCUT2D eigenvalue weighted by molar-refractivity contribution is 0.0706. The zero-order chi connectivity index (χ0) is 17.7. The van der Waals surface area contributed by atoms with Crippen LogP contribution in [0.5, 0.6) is 5.75 Å². The zero-order valence-electron chi connectivity index (χ0n) is 15.2. The molecule has 1 aliphatic heterocycles. The minimum absolute atomic E-state index is 0.0380. The summed E-state index contributed by atoms with van der Waals surface area (Å²) in [5.41, 5.74) is 4.85. The van der Waals surface area contributed by atoms with Crippen LogP contribution in [0.3, 0.4) is 0 Å². The van der Waals surface area contributed by atoms with Gasteiger partial charge in [-0.3, -0.25) is 4.79 Å². The molecule has 2 aromatic carbocycles. The van der Waals surface area contributed by atoms with Crippen molar-refractivity contribution in [1.82, 2.24) is 0 Å². The Bertz CT molecular complexity index is 880. The van der Waals surface area contributed by atoms with E-state index in [1.54, 1.807) is 0 Å². The molecule has 0 spiro atoms. The maximum absolute atomic E-state index is 13.6. The molecule has 4 atom stereocenters. The Morgan fingerprint density at radius 1 is 0.923 bits per heavy atom. The van der Waals surface area contributed by atoms with E-state index in [1.165, 1.54) is 29.6 Å². The van der Waals surface area contributed by atoms with E-state index in [0.29, 0.717) is 5.92 Å². The highest BCUT2D eigenvalue weighted by molar-refractivity contribution is 6.00. The van der Waals surface area contributed by atoms with Gasteiger partial charge < -0.3 is 4.74 Å². The van der Waals surface area contributed by atoms with Crippen molar-refractivity contribution in [2.24, 2.45) is 11.8 Å². The summed E-state index contributed by atoms with van der Waals surface area (Å²) in [6, 6.07) is 18.2. The van der Waals surface area contributed by atoms with Crippen molar-refractivity contribution >= 4 is 5.78 Å². The molecule has 2 heteroatoms.